The molecular formula is C19H25N3O3. The normalized spacial score (nSPS) is 24.5. The summed E-state index contributed by atoms with van der Waals surface area (Å²) in [5.74, 6) is 0.404. The third kappa shape index (κ3) is 2.38. The Bertz CT molecular complexity index is 718. The Morgan fingerprint density at radius 1 is 1.36 bits per heavy atom. The summed E-state index contributed by atoms with van der Waals surface area (Å²) in [6, 6.07) is 6.66. The van der Waals surface area contributed by atoms with Gasteiger partial charge >= 0.3 is 6.09 Å². The van der Waals surface area contributed by atoms with Gasteiger partial charge in [-0.15, -0.1) is 0 Å². The van der Waals surface area contributed by atoms with Crippen LogP contribution in [0.1, 0.15) is 38.7 Å². The van der Waals surface area contributed by atoms with Crippen LogP contribution in [0.2, 0.25) is 0 Å². The van der Waals surface area contributed by atoms with Crippen molar-refractivity contribution in [3.05, 3.63) is 23.8 Å². The third-order valence-electron chi connectivity index (χ3n) is 5.59. The fraction of sp³-hybridized carbons (Fsp3) is 0.579. The summed E-state index contributed by atoms with van der Waals surface area (Å²) in [5, 5.41) is 0. The number of rotatable bonds is 2. The first kappa shape index (κ1) is 16.2. The van der Waals surface area contributed by atoms with Gasteiger partial charge < -0.3 is 19.4 Å². The van der Waals surface area contributed by atoms with Crippen molar-refractivity contribution >= 4 is 23.4 Å². The van der Waals surface area contributed by atoms with E-state index in [0.29, 0.717) is 32.3 Å². The van der Waals surface area contributed by atoms with Crippen molar-refractivity contribution < 1.29 is 14.3 Å². The standard InChI is InChI=1S/C19H25N3O3/c1-4-25-19(24)20-9-8-15-14(10-20)13-6-5-7-16-18(13)21(15)11-17(23)22(16)12(2)3/h5-7,12,14-15H,4,8-11H2,1-3H3/t14-,15-/m0/s1. The van der Waals surface area contributed by atoms with Crippen LogP contribution in [-0.4, -0.2) is 55.2 Å². The second-order valence-corrected chi connectivity index (χ2v) is 7.31. The van der Waals surface area contributed by atoms with Crippen LogP contribution >= 0.6 is 0 Å². The minimum atomic E-state index is -0.230. The van der Waals surface area contributed by atoms with Gasteiger partial charge in [0, 0.05) is 31.1 Å². The van der Waals surface area contributed by atoms with Gasteiger partial charge in [-0.2, -0.15) is 0 Å². The maximum absolute atomic E-state index is 12.7. The summed E-state index contributed by atoms with van der Waals surface area (Å²) in [6.45, 7) is 8.11. The first-order chi connectivity index (χ1) is 12.0. The number of ether oxygens (including phenoxy) is 1. The second-order valence-electron chi connectivity index (χ2n) is 7.31. The smallest absolute Gasteiger partial charge is 0.409 e. The van der Waals surface area contributed by atoms with E-state index in [2.05, 4.69) is 24.8 Å². The number of para-hydroxylation sites is 1. The Morgan fingerprint density at radius 3 is 2.88 bits per heavy atom. The number of hydrogen-bond donors (Lipinski definition) is 0. The molecule has 0 bridgehead atoms. The monoisotopic (exact) mass is 343 g/mol. The van der Waals surface area contributed by atoms with E-state index in [1.165, 1.54) is 11.3 Å². The Balaban J connectivity index is 1.71. The molecular weight excluding hydrogens is 318 g/mol. The van der Waals surface area contributed by atoms with Crippen LogP contribution < -0.4 is 9.80 Å². The van der Waals surface area contributed by atoms with Gasteiger partial charge in [0.2, 0.25) is 5.91 Å². The molecule has 0 saturated carbocycles. The Hall–Kier alpha value is -2.24. The number of amides is 2. The van der Waals surface area contributed by atoms with Gasteiger partial charge in [-0.1, -0.05) is 12.1 Å². The molecule has 1 aromatic carbocycles. The number of likely N-dealkylation sites (tertiary alicyclic amines) is 1. The van der Waals surface area contributed by atoms with Crippen molar-refractivity contribution in [1.29, 1.82) is 0 Å². The number of benzene rings is 1. The van der Waals surface area contributed by atoms with E-state index in [0.717, 1.165) is 12.1 Å². The zero-order chi connectivity index (χ0) is 17.7. The highest BCUT2D eigenvalue weighted by Gasteiger charge is 2.47. The van der Waals surface area contributed by atoms with Gasteiger partial charge in [-0.3, -0.25) is 4.79 Å². The summed E-state index contributed by atoms with van der Waals surface area (Å²) >= 11 is 0. The highest BCUT2D eigenvalue weighted by molar-refractivity contribution is 6.05. The van der Waals surface area contributed by atoms with Crippen molar-refractivity contribution in [2.45, 2.75) is 45.2 Å². The highest BCUT2D eigenvalue weighted by atomic mass is 16.6. The van der Waals surface area contributed by atoms with Gasteiger partial charge in [0.05, 0.1) is 24.5 Å². The van der Waals surface area contributed by atoms with Gasteiger partial charge in [-0.25, -0.2) is 4.79 Å². The first-order valence-corrected chi connectivity index (χ1v) is 9.16. The van der Waals surface area contributed by atoms with Crippen LogP contribution in [0.3, 0.4) is 0 Å². The van der Waals surface area contributed by atoms with E-state index in [1.807, 2.05) is 28.9 Å². The summed E-state index contributed by atoms with van der Waals surface area (Å²) in [4.78, 5) is 30.9. The fourth-order valence-corrected chi connectivity index (χ4v) is 4.64. The minimum absolute atomic E-state index is 0.139. The van der Waals surface area contributed by atoms with E-state index in [1.54, 1.807) is 0 Å². The molecule has 3 heterocycles. The van der Waals surface area contributed by atoms with Crippen molar-refractivity contribution in [2.24, 2.45) is 0 Å². The average molecular weight is 343 g/mol. The third-order valence-corrected chi connectivity index (χ3v) is 5.59. The number of hydrogen-bond acceptors (Lipinski definition) is 4. The summed E-state index contributed by atoms with van der Waals surface area (Å²) in [6.07, 6.45) is 0.638. The molecule has 6 nitrogen and oxygen atoms in total. The summed E-state index contributed by atoms with van der Waals surface area (Å²) in [7, 11) is 0. The number of carbonyl (C=O) groups is 2. The molecule has 3 aliphatic rings. The van der Waals surface area contributed by atoms with Crippen molar-refractivity contribution in [3.63, 3.8) is 0 Å². The molecule has 0 unspecified atom stereocenters. The zero-order valence-corrected chi connectivity index (χ0v) is 15.1. The van der Waals surface area contributed by atoms with E-state index in [-0.39, 0.29) is 24.0 Å². The molecule has 1 saturated heterocycles. The first-order valence-electron chi connectivity index (χ1n) is 9.16. The van der Waals surface area contributed by atoms with E-state index in [4.69, 9.17) is 4.74 Å². The van der Waals surface area contributed by atoms with Crippen LogP contribution in [0.4, 0.5) is 16.2 Å². The SMILES string of the molecule is CCOC(=O)N1CC[C@H]2[C@@H](C1)c1cccc3c1N2CC(=O)N3C(C)C. The Morgan fingerprint density at radius 2 is 2.16 bits per heavy atom. The Labute approximate surface area is 148 Å². The Kier molecular flexibility index (Phi) is 3.85. The van der Waals surface area contributed by atoms with Gasteiger partial charge in [0.1, 0.15) is 0 Å². The molecule has 2 atom stereocenters. The molecule has 0 aromatic heterocycles. The molecule has 0 N–H and O–H groups in total. The van der Waals surface area contributed by atoms with Crippen LogP contribution in [0.15, 0.2) is 18.2 Å². The maximum atomic E-state index is 12.7. The zero-order valence-electron chi connectivity index (χ0n) is 15.1. The molecule has 6 heteroatoms. The predicted octanol–water partition coefficient (Wildman–Crippen LogP) is 2.58. The van der Waals surface area contributed by atoms with Crippen molar-refractivity contribution in [2.75, 3.05) is 36.0 Å². The molecule has 25 heavy (non-hydrogen) atoms. The molecule has 0 radical (unpaired) electrons. The van der Waals surface area contributed by atoms with E-state index >= 15 is 0 Å². The molecule has 4 rings (SSSR count). The number of anilines is 2. The quantitative estimate of drug-likeness (QED) is 0.828. The lowest BCUT2D eigenvalue weighted by Crippen LogP contribution is -2.53. The van der Waals surface area contributed by atoms with Gasteiger partial charge in [0.15, 0.2) is 0 Å². The van der Waals surface area contributed by atoms with E-state index < -0.39 is 0 Å². The predicted molar refractivity (Wildman–Crippen MR) is 96.2 cm³/mol. The van der Waals surface area contributed by atoms with Crippen LogP contribution in [-0.2, 0) is 9.53 Å². The lowest BCUT2D eigenvalue weighted by atomic mass is 9.89. The lowest BCUT2D eigenvalue weighted by molar-refractivity contribution is -0.118. The maximum Gasteiger partial charge on any atom is 0.409 e. The fourth-order valence-electron chi connectivity index (χ4n) is 4.64. The summed E-state index contributed by atoms with van der Waals surface area (Å²) < 4.78 is 5.18. The molecule has 2 amide bonds. The van der Waals surface area contributed by atoms with E-state index in [9.17, 15) is 9.59 Å². The number of carbonyl (C=O) groups excluding carboxylic acids is 2. The van der Waals surface area contributed by atoms with Gasteiger partial charge in [0.25, 0.3) is 0 Å². The second kappa shape index (κ2) is 5.93. The van der Waals surface area contributed by atoms with Crippen LogP contribution in [0.5, 0.6) is 0 Å². The topological polar surface area (TPSA) is 53.1 Å². The molecule has 0 aliphatic carbocycles. The van der Waals surface area contributed by atoms with Crippen molar-refractivity contribution in [1.82, 2.24) is 4.90 Å². The number of nitrogens with zero attached hydrogens (tertiary/aromatic N) is 3. The minimum Gasteiger partial charge on any atom is -0.450 e. The molecule has 3 aliphatic heterocycles. The van der Waals surface area contributed by atoms with Crippen LogP contribution in [0, 0.1) is 0 Å². The number of fused-ring (bicyclic) bond motifs is 3. The highest BCUT2D eigenvalue weighted by Crippen LogP contribution is 2.51. The van der Waals surface area contributed by atoms with Gasteiger partial charge in [-0.05, 0) is 38.8 Å². The lowest BCUT2D eigenvalue weighted by Gasteiger charge is -2.42. The average Bonchev–Trinajstić information content (AvgIpc) is 2.90. The molecule has 0 spiro atoms. The van der Waals surface area contributed by atoms with Crippen molar-refractivity contribution in [3.8, 4) is 0 Å². The van der Waals surface area contributed by atoms with Crippen LogP contribution in [0.25, 0.3) is 0 Å². The largest absolute Gasteiger partial charge is 0.450 e. The number of piperidine rings is 1. The molecule has 1 aromatic rings. The molecule has 1 fully saturated rings. The summed E-state index contributed by atoms with van der Waals surface area (Å²) in [5.41, 5.74) is 3.46. The molecule has 134 valence electrons.